The quantitative estimate of drug-likeness (QED) is 0.617. The molecule has 0 saturated heterocycles. The van der Waals surface area contributed by atoms with E-state index in [1.165, 1.54) is 18.9 Å². The van der Waals surface area contributed by atoms with E-state index in [1.807, 2.05) is 13.0 Å². The average Bonchev–Trinajstić information content (AvgIpc) is 2.52. The summed E-state index contributed by atoms with van der Waals surface area (Å²) in [7, 11) is 1.31. The minimum atomic E-state index is -0.994. The minimum absolute atomic E-state index is 0.197. The third kappa shape index (κ3) is 5.08. The summed E-state index contributed by atoms with van der Waals surface area (Å²) in [5, 5.41) is 11.5. The van der Waals surface area contributed by atoms with Crippen LogP contribution in [-0.2, 0) is 14.3 Å². The zero-order valence-electron chi connectivity index (χ0n) is 13.0. The summed E-state index contributed by atoms with van der Waals surface area (Å²) in [5.41, 5.74) is -0.416. The van der Waals surface area contributed by atoms with Crippen LogP contribution in [0.2, 0.25) is 0 Å². The molecule has 0 heterocycles. The molecule has 0 saturated carbocycles. The number of hydrogen-bond donors (Lipinski definition) is 1. The topological polar surface area (TPSA) is 79.2 Å². The number of carbonyl (C=O) groups is 2. The van der Waals surface area contributed by atoms with Crippen molar-refractivity contribution in [2.45, 2.75) is 37.1 Å². The van der Waals surface area contributed by atoms with Crippen molar-refractivity contribution in [3.05, 3.63) is 29.8 Å². The van der Waals surface area contributed by atoms with Crippen molar-refractivity contribution in [2.24, 2.45) is 0 Å². The summed E-state index contributed by atoms with van der Waals surface area (Å²) in [6.45, 7) is 3.62. The Morgan fingerprint density at radius 2 is 2.00 bits per heavy atom. The van der Waals surface area contributed by atoms with E-state index < -0.39 is 11.5 Å². The number of hydrogen-bond acceptors (Lipinski definition) is 5. The second-order valence-corrected chi connectivity index (χ2v) is 6.10. The van der Waals surface area contributed by atoms with Crippen molar-refractivity contribution >= 4 is 23.6 Å². The first kappa shape index (κ1) is 18.1. The lowest BCUT2D eigenvalue weighted by molar-refractivity contribution is -0.150. The third-order valence-corrected chi connectivity index (χ3v) is 4.17. The standard InChI is InChI=1S/C16H20N2O3S/c1-4-9-16(2,15(20)21-3)18-14(19)11-22-13-7-5-12(10-17)6-8-13/h5-8H,4,9,11H2,1-3H3,(H,18,19). The number of nitrogens with one attached hydrogen (secondary N) is 1. The SMILES string of the molecule is CCCC(C)(NC(=O)CSc1ccc(C#N)cc1)C(=O)OC. The van der Waals surface area contributed by atoms with E-state index in [-0.39, 0.29) is 11.7 Å². The summed E-state index contributed by atoms with van der Waals surface area (Å²) in [6.07, 6.45) is 1.28. The highest BCUT2D eigenvalue weighted by Gasteiger charge is 2.34. The van der Waals surface area contributed by atoms with Gasteiger partial charge in [-0.25, -0.2) is 4.79 Å². The number of nitriles is 1. The molecule has 0 aliphatic rings. The molecule has 0 aliphatic carbocycles. The summed E-state index contributed by atoms with van der Waals surface area (Å²) in [6, 6.07) is 9.04. The highest BCUT2D eigenvalue weighted by molar-refractivity contribution is 8.00. The molecule has 6 heteroatoms. The molecule has 5 nitrogen and oxygen atoms in total. The van der Waals surface area contributed by atoms with Gasteiger partial charge in [-0.3, -0.25) is 4.79 Å². The zero-order chi connectivity index (χ0) is 16.6. The van der Waals surface area contributed by atoms with Gasteiger partial charge in [0.2, 0.25) is 5.91 Å². The van der Waals surface area contributed by atoms with E-state index in [0.717, 1.165) is 11.3 Å². The number of thioether (sulfide) groups is 1. The summed E-state index contributed by atoms with van der Waals surface area (Å²) in [5.74, 6) is -0.468. The highest BCUT2D eigenvalue weighted by atomic mass is 32.2. The van der Waals surface area contributed by atoms with Gasteiger partial charge in [-0.1, -0.05) is 13.3 Å². The molecule has 0 fully saturated rings. The maximum atomic E-state index is 12.1. The maximum Gasteiger partial charge on any atom is 0.331 e. The number of rotatable bonds is 7. The molecule has 1 amide bonds. The Labute approximate surface area is 135 Å². The molecule has 0 radical (unpaired) electrons. The van der Waals surface area contributed by atoms with Gasteiger partial charge in [0.25, 0.3) is 0 Å². The zero-order valence-corrected chi connectivity index (χ0v) is 13.8. The lowest BCUT2D eigenvalue weighted by Crippen LogP contribution is -2.53. The summed E-state index contributed by atoms with van der Waals surface area (Å²) >= 11 is 1.35. The number of benzene rings is 1. The second kappa shape index (κ2) is 8.44. The van der Waals surface area contributed by atoms with Gasteiger partial charge in [0.05, 0.1) is 24.5 Å². The second-order valence-electron chi connectivity index (χ2n) is 5.05. The molecule has 1 aromatic carbocycles. The fourth-order valence-corrected chi connectivity index (χ4v) is 2.76. The van der Waals surface area contributed by atoms with E-state index in [2.05, 4.69) is 5.32 Å². The van der Waals surface area contributed by atoms with Gasteiger partial charge >= 0.3 is 5.97 Å². The first-order chi connectivity index (χ1) is 10.4. The van der Waals surface area contributed by atoms with Crippen molar-refractivity contribution in [3.63, 3.8) is 0 Å². The normalized spacial score (nSPS) is 12.8. The molecule has 0 bridgehead atoms. The Kier molecular flexibility index (Phi) is 6.93. The van der Waals surface area contributed by atoms with Crippen LogP contribution in [0.3, 0.4) is 0 Å². The number of carbonyl (C=O) groups excluding carboxylic acids is 2. The van der Waals surface area contributed by atoms with Gasteiger partial charge in [0.1, 0.15) is 5.54 Å². The summed E-state index contributed by atoms with van der Waals surface area (Å²) < 4.78 is 4.77. The number of amides is 1. The van der Waals surface area contributed by atoms with Gasteiger partial charge < -0.3 is 10.1 Å². The van der Waals surface area contributed by atoms with Crippen LogP contribution < -0.4 is 5.32 Å². The molecular formula is C16H20N2O3S. The van der Waals surface area contributed by atoms with Gasteiger partial charge in [-0.05, 0) is 37.6 Å². The summed E-state index contributed by atoms with van der Waals surface area (Å²) in [4.78, 5) is 24.8. The van der Waals surface area contributed by atoms with Crippen molar-refractivity contribution < 1.29 is 14.3 Å². The maximum absolute atomic E-state index is 12.1. The number of methoxy groups -OCH3 is 1. The number of nitrogens with zero attached hydrogens (tertiary/aromatic N) is 1. The molecule has 0 spiro atoms. The van der Waals surface area contributed by atoms with Gasteiger partial charge in [0.15, 0.2) is 0 Å². The molecule has 22 heavy (non-hydrogen) atoms. The molecule has 1 rings (SSSR count). The molecule has 0 aliphatic heterocycles. The Hall–Kier alpha value is -2.00. The van der Waals surface area contributed by atoms with Crippen molar-refractivity contribution in [1.29, 1.82) is 5.26 Å². The Morgan fingerprint density at radius 3 is 2.50 bits per heavy atom. The van der Waals surface area contributed by atoms with Crippen LogP contribution >= 0.6 is 11.8 Å². The Balaban J connectivity index is 2.60. The Morgan fingerprint density at radius 1 is 1.36 bits per heavy atom. The van der Waals surface area contributed by atoms with Gasteiger partial charge in [-0.15, -0.1) is 11.8 Å². The molecule has 118 valence electrons. The molecule has 1 N–H and O–H groups in total. The van der Waals surface area contributed by atoms with Crippen LogP contribution in [0.1, 0.15) is 32.3 Å². The van der Waals surface area contributed by atoms with Crippen LogP contribution in [0, 0.1) is 11.3 Å². The monoisotopic (exact) mass is 320 g/mol. The van der Waals surface area contributed by atoms with Crippen LogP contribution in [0.25, 0.3) is 0 Å². The molecule has 0 aromatic heterocycles. The minimum Gasteiger partial charge on any atom is -0.467 e. The lowest BCUT2D eigenvalue weighted by atomic mass is 9.96. The smallest absolute Gasteiger partial charge is 0.331 e. The van der Waals surface area contributed by atoms with E-state index in [9.17, 15) is 9.59 Å². The largest absolute Gasteiger partial charge is 0.467 e. The molecule has 1 atom stereocenters. The van der Waals surface area contributed by atoms with E-state index >= 15 is 0 Å². The van der Waals surface area contributed by atoms with Crippen LogP contribution in [0.15, 0.2) is 29.2 Å². The molecule has 1 unspecified atom stereocenters. The third-order valence-electron chi connectivity index (χ3n) is 3.15. The van der Waals surface area contributed by atoms with Gasteiger partial charge in [-0.2, -0.15) is 5.26 Å². The van der Waals surface area contributed by atoms with Crippen molar-refractivity contribution in [1.82, 2.24) is 5.32 Å². The number of ether oxygens (including phenoxy) is 1. The highest BCUT2D eigenvalue weighted by Crippen LogP contribution is 2.19. The first-order valence-corrected chi connectivity index (χ1v) is 7.96. The average molecular weight is 320 g/mol. The fourth-order valence-electron chi connectivity index (χ4n) is 2.06. The van der Waals surface area contributed by atoms with E-state index in [4.69, 9.17) is 10.00 Å². The van der Waals surface area contributed by atoms with Crippen molar-refractivity contribution in [3.8, 4) is 6.07 Å². The van der Waals surface area contributed by atoms with Gasteiger partial charge in [0, 0.05) is 4.90 Å². The van der Waals surface area contributed by atoms with Crippen molar-refractivity contribution in [2.75, 3.05) is 12.9 Å². The van der Waals surface area contributed by atoms with Crippen LogP contribution in [0.5, 0.6) is 0 Å². The van der Waals surface area contributed by atoms with Crippen LogP contribution in [-0.4, -0.2) is 30.3 Å². The number of esters is 1. The predicted molar refractivity (Wildman–Crippen MR) is 85.4 cm³/mol. The molecular weight excluding hydrogens is 300 g/mol. The van der Waals surface area contributed by atoms with Crippen LogP contribution in [0.4, 0.5) is 0 Å². The predicted octanol–water partition coefficient (Wildman–Crippen LogP) is 2.50. The Bertz CT molecular complexity index is 566. The lowest BCUT2D eigenvalue weighted by Gasteiger charge is -2.27. The van der Waals surface area contributed by atoms with E-state index in [1.54, 1.807) is 31.2 Å². The van der Waals surface area contributed by atoms with E-state index in [0.29, 0.717) is 12.0 Å². The first-order valence-electron chi connectivity index (χ1n) is 6.97. The molecule has 1 aromatic rings. The fraction of sp³-hybridized carbons (Fsp3) is 0.438.